The third-order valence-electron chi connectivity index (χ3n) is 4.55. The molecule has 18 heavy (non-hydrogen) atoms. The zero-order chi connectivity index (χ0) is 13.8. The van der Waals surface area contributed by atoms with Gasteiger partial charge in [0, 0.05) is 31.2 Å². The van der Waals surface area contributed by atoms with Crippen LogP contribution in [-0.2, 0) is 0 Å². The Hall–Kier alpha value is -0.120. The van der Waals surface area contributed by atoms with Crippen LogP contribution in [0, 0.1) is 5.92 Å². The van der Waals surface area contributed by atoms with Crippen LogP contribution in [-0.4, -0.2) is 61.7 Å². The molecular formula is C15H33N3. The minimum absolute atomic E-state index is 0.267. The van der Waals surface area contributed by atoms with Crippen LogP contribution in [0.1, 0.15) is 40.5 Å². The molecule has 0 aromatic rings. The summed E-state index contributed by atoms with van der Waals surface area (Å²) in [5, 5.41) is 3.67. The number of hydrogen-bond donors (Lipinski definition) is 1. The minimum atomic E-state index is 0.267. The molecule has 0 aliphatic carbocycles. The molecule has 0 amide bonds. The minimum Gasteiger partial charge on any atom is -0.310 e. The van der Waals surface area contributed by atoms with E-state index in [2.05, 4.69) is 56.9 Å². The van der Waals surface area contributed by atoms with Crippen LogP contribution < -0.4 is 5.32 Å². The van der Waals surface area contributed by atoms with Gasteiger partial charge in [-0.3, -0.25) is 0 Å². The highest BCUT2D eigenvalue weighted by molar-refractivity contribution is 4.81. The standard InChI is InChI=1S/C15H33N3/c1-7-15(3,4)16-10-13(2)18(6)12-14-8-9-17(5)11-14/h13-14,16H,7-12H2,1-6H3. The molecule has 2 atom stereocenters. The zero-order valence-electron chi connectivity index (χ0n) is 13.3. The smallest absolute Gasteiger partial charge is 0.0189 e. The highest BCUT2D eigenvalue weighted by atomic mass is 15.2. The van der Waals surface area contributed by atoms with Crippen molar-refractivity contribution >= 4 is 0 Å². The van der Waals surface area contributed by atoms with E-state index in [0.29, 0.717) is 6.04 Å². The van der Waals surface area contributed by atoms with Crippen LogP contribution in [0.5, 0.6) is 0 Å². The second-order valence-electron chi connectivity index (χ2n) is 6.82. The van der Waals surface area contributed by atoms with Gasteiger partial charge >= 0.3 is 0 Å². The van der Waals surface area contributed by atoms with Gasteiger partial charge in [-0.05, 0) is 60.2 Å². The van der Waals surface area contributed by atoms with Gasteiger partial charge in [-0.1, -0.05) is 6.92 Å². The van der Waals surface area contributed by atoms with Crippen LogP contribution in [0.15, 0.2) is 0 Å². The van der Waals surface area contributed by atoms with Gasteiger partial charge in [0.15, 0.2) is 0 Å². The predicted molar refractivity (Wildman–Crippen MR) is 80.1 cm³/mol. The fraction of sp³-hybridized carbons (Fsp3) is 1.00. The summed E-state index contributed by atoms with van der Waals surface area (Å²) in [6, 6.07) is 0.613. The van der Waals surface area contributed by atoms with Crippen molar-refractivity contribution < 1.29 is 0 Å². The quantitative estimate of drug-likeness (QED) is 0.751. The number of nitrogens with one attached hydrogen (secondary N) is 1. The van der Waals surface area contributed by atoms with E-state index < -0.39 is 0 Å². The molecule has 1 aliphatic heterocycles. The summed E-state index contributed by atoms with van der Waals surface area (Å²) in [6.07, 6.45) is 2.54. The number of hydrogen-bond acceptors (Lipinski definition) is 3. The Morgan fingerprint density at radius 3 is 2.61 bits per heavy atom. The Labute approximate surface area is 114 Å². The van der Waals surface area contributed by atoms with E-state index in [1.54, 1.807) is 0 Å². The summed E-state index contributed by atoms with van der Waals surface area (Å²) in [5.41, 5.74) is 0.267. The molecular weight excluding hydrogens is 222 g/mol. The molecule has 3 nitrogen and oxygen atoms in total. The number of rotatable bonds is 7. The van der Waals surface area contributed by atoms with Crippen LogP contribution in [0.4, 0.5) is 0 Å². The largest absolute Gasteiger partial charge is 0.310 e. The lowest BCUT2D eigenvalue weighted by Gasteiger charge is -2.32. The van der Waals surface area contributed by atoms with E-state index in [1.807, 2.05) is 0 Å². The molecule has 0 bridgehead atoms. The first-order valence-corrected chi connectivity index (χ1v) is 7.48. The van der Waals surface area contributed by atoms with E-state index in [-0.39, 0.29) is 5.54 Å². The van der Waals surface area contributed by atoms with Crippen LogP contribution in [0.2, 0.25) is 0 Å². The first kappa shape index (κ1) is 15.9. The summed E-state index contributed by atoms with van der Waals surface area (Å²) in [5.74, 6) is 0.863. The Kier molecular flexibility index (Phi) is 6.09. The molecule has 0 radical (unpaired) electrons. The van der Waals surface area contributed by atoms with Crippen LogP contribution in [0.25, 0.3) is 0 Å². The molecule has 1 saturated heterocycles. The fourth-order valence-corrected chi connectivity index (χ4v) is 2.47. The summed E-state index contributed by atoms with van der Waals surface area (Å²) in [6.45, 7) is 14.0. The highest BCUT2D eigenvalue weighted by Crippen LogP contribution is 2.16. The Bertz CT molecular complexity index is 240. The monoisotopic (exact) mass is 255 g/mol. The van der Waals surface area contributed by atoms with Gasteiger partial charge in [-0.25, -0.2) is 0 Å². The average molecular weight is 255 g/mol. The number of likely N-dealkylation sites (tertiary alicyclic amines) is 1. The molecule has 108 valence electrons. The van der Waals surface area contributed by atoms with Crippen molar-refractivity contribution in [3.05, 3.63) is 0 Å². The zero-order valence-corrected chi connectivity index (χ0v) is 13.3. The van der Waals surface area contributed by atoms with Gasteiger partial charge in [-0.15, -0.1) is 0 Å². The lowest BCUT2D eigenvalue weighted by Crippen LogP contribution is -2.47. The molecule has 0 aromatic heterocycles. The predicted octanol–water partition coefficient (Wildman–Crippen LogP) is 2.04. The molecule has 1 rings (SSSR count). The van der Waals surface area contributed by atoms with Crippen LogP contribution >= 0.6 is 0 Å². The van der Waals surface area contributed by atoms with Gasteiger partial charge in [-0.2, -0.15) is 0 Å². The van der Waals surface area contributed by atoms with Gasteiger partial charge in [0.2, 0.25) is 0 Å². The van der Waals surface area contributed by atoms with Gasteiger partial charge < -0.3 is 15.1 Å². The molecule has 2 unspecified atom stereocenters. The maximum absolute atomic E-state index is 3.67. The summed E-state index contributed by atoms with van der Waals surface area (Å²) in [4.78, 5) is 4.96. The van der Waals surface area contributed by atoms with Crippen molar-refractivity contribution in [3.63, 3.8) is 0 Å². The van der Waals surface area contributed by atoms with E-state index in [9.17, 15) is 0 Å². The van der Waals surface area contributed by atoms with Crippen molar-refractivity contribution in [2.75, 3.05) is 40.3 Å². The van der Waals surface area contributed by atoms with Gasteiger partial charge in [0.1, 0.15) is 0 Å². The molecule has 1 heterocycles. The number of nitrogens with zero attached hydrogens (tertiary/aromatic N) is 2. The SMILES string of the molecule is CCC(C)(C)NCC(C)N(C)CC1CCN(C)C1. The van der Waals surface area contributed by atoms with Crippen molar-refractivity contribution in [2.45, 2.75) is 52.1 Å². The average Bonchev–Trinajstić information content (AvgIpc) is 2.71. The lowest BCUT2D eigenvalue weighted by molar-refractivity contribution is 0.201. The van der Waals surface area contributed by atoms with E-state index in [1.165, 1.54) is 32.5 Å². The third-order valence-corrected chi connectivity index (χ3v) is 4.55. The molecule has 3 heteroatoms. The molecule has 0 saturated carbocycles. The number of likely N-dealkylation sites (N-methyl/N-ethyl adjacent to an activating group) is 1. The first-order chi connectivity index (χ1) is 8.34. The second-order valence-corrected chi connectivity index (χ2v) is 6.82. The maximum Gasteiger partial charge on any atom is 0.0189 e. The van der Waals surface area contributed by atoms with Crippen molar-refractivity contribution in [2.24, 2.45) is 5.92 Å². The van der Waals surface area contributed by atoms with Crippen molar-refractivity contribution in [1.82, 2.24) is 15.1 Å². The summed E-state index contributed by atoms with van der Waals surface area (Å²) >= 11 is 0. The van der Waals surface area contributed by atoms with Crippen molar-refractivity contribution in [1.29, 1.82) is 0 Å². The Morgan fingerprint density at radius 2 is 2.11 bits per heavy atom. The van der Waals surface area contributed by atoms with Gasteiger partial charge in [0.05, 0.1) is 0 Å². The van der Waals surface area contributed by atoms with Crippen molar-refractivity contribution in [3.8, 4) is 0 Å². The van der Waals surface area contributed by atoms with E-state index >= 15 is 0 Å². The lowest BCUT2D eigenvalue weighted by atomic mass is 10.0. The Balaban J connectivity index is 2.26. The summed E-state index contributed by atoms with van der Waals surface area (Å²) in [7, 11) is 4.50. The van der Waals surface area contributed by atoms with E-state index in [4.69, 9.17) is 0 Å². The van der Waals surface area contributed by atoms with Crippen LogP contribution in [0.3, 0.4) is 0 Å². The maximum atomic E-state index is 3.67. The molecule has 1 fully saturated rings. The first-order valence-electron chi connectivity index (χ1n) is 7.48. The fourth-order valence-electron chi connectivity index (χ4n) is 2.47. The molecule has 1 aliphatic rings. The molecule has 0 aromatic carbocycles. The Morgan fingerprint density at radius 1 is 1.44 bits per heavy atom. The highest BCUT2D eigenvalue weighted by Gasteiger charge is 2.23. The van der Waals surface area contributed by atoms with E-state index in [0.717, 1.165) is 12.5 Å². The topological polar surface area (TPSA) is 18.5 Å². The third kappa shape index (κ3) is 5.25. The molecule has 0 spiro atoms. The van der Waals surface area contributed by atoms with Gasteiger partial charge in [0.25, 0.3) is 0 Å². The summed E-state index contributed by atoms with van der Waals surface area (Å²) < 4.78 is 0. The second kappa shape index (κ2) is 6.88. The normalized spacial score (nSPS) is 23.8. The molecule has 1 N–H and O–H groups in total.